The summed E-state index contributed by atoms with van der Waals surface area (Å²) in [5, 5.41) is 14.6. The van der Waals surface area contributed by atoms with Crippen molar-refractivity contribution in [2.45, 2.75) is 44.6 Å². The SMILES string of the molecule is CN1CCc2ccc(NC(=O)C(CCCCC(=O)O)NC(=O)c3ccc(Cl)s3)cc2CC1. The van der Waals surface area contributed by atoms with E-state index in [1.54, 1.807) is 12.1 Å². The number of fused-ring (bicyclic) bond motifs is 1. The number of nitrogens with zero attached hydrogens (tertiary/aromatic N) is 1. The van der Waals surface area contributed by atoms with Gasteiger partial charge in [0.25, 0.3) is 5.91 Å². The molecule has 0 spiro atoms. The maximum atomic E-state index is 13.0. The van der Waals surface area contributed by atoms with Crippen LogP contribution in [-0.4, -0.2) is 54.0 Å². The van der Waals surface area contributed by atoms with Gasteiger partial charge < -0.3 is 20.6 Å². The molecule has 1 aromatic heterocycles. The van der Waals surface area contributed by atoms with Crippen LogP contribution in [0.5, 0.6) is 0 Å². The van der Waals surface area contributed by atoms with E-state index in [0.717, 1.165) is 37.3 Å². The van der Waals surface area contributed by atoms with Gasteiger partial charge in [0, 0.05) is 25.2 Å². The maximum absolute atomic E-state index is 13.0. The lowest BCUT2D eigenvalue weighted by Gasteiger charge is -2.19. The quantitative estimate of drug-likeness (QED) is 0.477. The lowest BCUT2D eigenvalue weighted by atomic mass is 10.0. The first kappa shape index (κ1) is 24.2. The van der Waals surface area contributed by atoms with Crippen LogP contribution in [0.4, 0.5) is 5.69 Å². The number of hydrogen-bond donors (Lipinski definition) is 3. The molecule has 0 saturated carbocycles. The van der Waals surface area contributed by atoms with Gasteiger partial charge in [-0.1, -0.05) is 24.1 Å². The largest absolute Gasteiger partial charge is 0.481 e. The van der Waals surface area contributed by atoms with Crippen molar-refractivity contribution in [2.24, 2.45) is 0 Å². The van der Waals surface area contributed by atoms with Gasteiger partial charge >= 0.3 is 5.97 Å². The summed E-state index contributed by atoms with van der Waals surface area (Å²) in [5.41, 5.74) is 3.21. The number of likely N-dealkylation sites (N-methyl/N-ethyl adjacent to an activating group) is 1. The van der Waals surface area contributed by atoms with E-state index in [9.17, 15) is 14.4 Å². The zero-order chi connectivity index (χ0) is 23.1. The highest BCUT2D eigenvalue weighted by Crippen LogP contribution is 2.23. The van der Waals surface area contributed by atoms with Crippen molar-refractivity contribution in [3.8, 4) is 0 Å². The molecule has 2 heterocycles. The number of halogens is 1. The van der Waals surface area contributed by atoms with E-state index < -0.39 is 12.0 Å². The molecule has 9 heteroatoms. The second kappa shape index (κ2) is 11.4. The fraction of sp³-hybridized carbons (Fsp3) is 0.435. The predicted molar refractivity (Wildman–Crippen MR) is 127 cm³/mol. The van der Waals surface area contributed by atoms with Gasteiger partial charge in [0.2, 0.25) is 5.91 Å². The van der Waals surface area contributed by atoms with Gasteiger partial charge in [0.05, 0.1) is 9.21 Å². The minimum Gasteiger partial charge on any atom is -0.481 e. The third-order valence-electron chi connectivity index (χ3n) is 5.55. The number of carboxylic acids is 1. The third-order valence-corrected chi connectivity index (χ3v) is 6.78. The van der Waals surface area contributed by atoms with Crippen LogP contribution in [0.1, 0.15) is 46.5 Å². The Morgan fingerprint density at radius 3 is 2.56 bits per heavy atom. The minimum atomic E-state index is -0.876. The Bertz CT molecular complexity index is 978. The number of carbonyl (C=O) groups is 3. The van der Waals surface area contributed by atoms with Gasteiger partial charge in [0.1, 0.15) is 6.04 Å². The standard InChI is InChI=1S/C23H28ClN3O4S/c1-27-12-10-15-6-7-17(14-16(15)11-13-27)25-22(30)18(4-2-3-5-21(28)29)26-23(31)19-8-9-20(24)32-19/h6-9,14,18H,2-5,10-13H2,1H3,(H,25,30)(H,26,31)(H,28,29). The lowest BCUT2D eigenvalue weighted by Crippen LogP contribution is -2.43. The summed E-state index contributed by atoms with van der Waals surface area (Å²) in [4.78, 5) is 39.1. The molecule has 0 fully saturated rings. The smallest absolute Gasteiger partial charge is 0.303 e. The van der Waals surface area contributed by atoms with Crippen molar-refractivity contribution in [1.82, 2.24) is 10.2 Å². The van der Waals surface area contributed by atoms with Gasteiger partial charge in [-0.05, 0) is 68.1 Å². The zero-order valence-corrected chi connectivity index (χ0v) is 19.6. The fourth-order valence-corrected chi connectivity index (χ4v) is 4.65. The van der Waals surface area contributed by atoms with Gasteiger partial charge in [-0.15, -0.1) is 11.3 Å². The summed E-state index contributed by atoms with van der Waals surface area (Å²) < 4.78 is 0.494. The molecule has 3 rings (SSSR count). The Labute approximate surface area is 196 Å². The topological polar surface area (TPSA) is 98.7 Å². The first-order valence-corrected chi connectivity index (χ1v) is 11.9. The highest BCUT2D eigenvalue weighted by Gasteiger charge is 2.23. The van der Waals surface area contributed by atoms with Crippen LogP contribution in [0.15, 0.2) is 30.3 Å². The molecule has 1 aromatic carbocycles. The zero-order valence-electron chi connectivity index (χ0n) is 18.0. The molecule has 7 nitrogen and oxygen atoms in total. The molecule has 2 amide bonds. The van der Waals surface area contributed by atoms with Crippen LogP contribution in [0.2, 0.25) is 4.34 Å². The molecule has 0 bridgehead atoms. The average molecular weight is 478 g/mol. The molecule has 1 unspecified atom stereocenters. The number of amides is 2. The van der Waals surface area contributed by atoms with E-state index in [0.29, 0.717) is 34.2 Å². The Kier molecular flexibility index (Phi) is 8.67. The number of carbonyl (C=O) groups excluding carboxylic acids is 2. The summed E-state index contributed by atoms with van der Waals surface area (Å²) >= 11 is 7.07. The van der Waals surface area contributed by atoms with Gasteiger partial charge in [-0.3, -0.25) is 14.4 Å². The van der Waals surface area contributed by atoms with Crippen molar-refractivity contribution in [2.75, 3.05) is 25.5 Å². The van der Waals surface area contributed by atoms with Crippen molar-refractivity contribution in [3.05, 3.63) is 50.7 Å². The van der Waals surface area contributed by atoms with E-state index in [2.05, 4.69) is 28.6 Å². The minimum absolute atomic E-state index is 0.0298. The Morgan fingerprint density at radius 1 is 1.12 bits per heavy atom. The molecule has 32 heavy (non-hydrogen) atoms. The van der Waals surface area contributed by atoms with E-state index in [1.807, 2.05) is 12.1 Å². The summed E-state index contributed by atoms with van der Waals surface area (Å²) in [6.07, 6.45) is 3.22. The average Bonchev–Trinajstić information content (AvgIpc) is 3.10. The van der Waals surface area contributed by atoms with Crippen LogP contribution in [-0.2, 0) is 22.4 Å². The number of anilines is 1. The number of hydrogen-bond acceptors (Lipinski definition) is 5. The van der Waals surface area contributed by atoms with Gasteiger partial charge in [0.15, 0.2) is 0 Å². The van der Waals surface area contributed by atoms with E-state index in [4.69, 9.17) is 16.7 Å². The molecule has 1 aliphatic rings. The van der Waals surface area contributed by atoms with Crippen LogP contribution in [0.3, 0.4) is 0 Å². The van der Waals surface area contributed by atoms with E-state index >= 15 is 0 Å². The number of thiophene rings is 1. The molecule has 0 saturated heterocycles. The second-order valence-corrected chi connectivity index (χ2v) is 9.76. The van der Waals surface area contributed by atoms with Crippen molar-refractivity contribution < 1.29 is 19.5 Å². The molecule has 0 aliphatic carbocycles. The Morgan fingerprint density at radius 2 is 1.88 bits per heavy atom. The normalized spacial score (nSPS) is 14.8. The van der Waals surface area contributed by atoms with E-state index in [-0.39, 0.29) is 18.2 Å². The number of carboxylic acid groups (broad SMARTS) is 1. The van der Waals surface area contributed by atoms with Gasteiger partial charge in [-0.2, -0.15) is 0 Å². The molecule has 172 valence electrons. The third kappa shape index (κ3) is 7.05. The summed E-state index contributed by atoms with van der Waals surface area (Å²) in [7, 11) is 2.10. The van der Waals surface area contributed by atoms with Gasteiger partial charge in [-0.25, -0.2) is 0 Å². The number of rotatable bonds is 9. The van der Waals surface area contributed by atoms with Crippen molar-refractivity contribution in [1.29, 1.82) is 0 Å². The van der Waals surface area contributed by atoms with Crippen molar-refractivity contribution in [3.63, 3.8) is 0 Å². The van der Waals surface area contributed by atoms with Crippen LogP contribution < -0.4 is 10.6 Å². The van der Waals surface area contributed by atoms with Crippen molar-refractivity contribution >= 4 is 46.4 Å². The molecule has 3 N–H and O–H groups in total. The van der Waals surface area contributed by atoms with Crippen LogP contribution in [0, 0.1) is 0 Å². The summed E-state index contributed by atoms with van der Waals surface area (Å²) in [6, 6.07) is 8.43. The maximum Gasteiger partial charge on any atom is 0.303 e. The highest BCUT2D eigenvalue weighted by atomic mass is 35.5. The monoisotopic (exact) mass is 477 g/mol. The number of benzene rings is 1. The number of aliphatic carboxylic acids is 1. The number of nitrogens with one attached hydrogen (secondary N) is 2. The Hall–Kier alpha value is -2.42. The molecule has 1 aliphatic heterocycles. The molecular formula is C23H28ClN3O4S. The molecular weight excluding hydrogens is 450 g/mol. The van der Waals surface area contributed by atoms with Crippen LogP contribution in [0.25, 0.3) is 0 Å². The van der Waals surface area contributed by atoms with Crippen LogP contribution >= 0.6 is 22.9 Å². The number of unbranched alkanes of at least 4 members (excludes halogenated alkanes) is 1. The molecule has 2 aromatic rings. The molecule has 1 atom stereocenters. The summed E-state index contributed by atoms with van der Waals surface area (Å²) in [6.45, 7) is 1.98. The first-order chi connectivity index (χ1) is 15.3. The predicted octanol–water partition coefficient (Wildman–Crippen LogP) is 3.81. The highest BCUT2D eigenvalue weighted by molar-refractivity contribution is 7.18. The molecule has 0 radical (unpaired) electrons. The second-order valence-electron chi connectivity index (χ2n) is 8.05. The fourth-order valence-electron chi connectivity index (χ4n) is 3.70. The lowest BCUT2D eigenvalue weighted by molar-refractivity contribution is -0.137. The first-order valence-electron chi connectivity index (χ1n) is 10.7. The van der Waals surface area contributed by atoms with E-state index in [1.165, 1.54) is 11.1 Å². The Balaban J connectivity index is 1.68. The summed E-state index contributed by atoms with van der Waals surface area (Å²) in [5.74, 6) is -1.56.